The number of esters is 2. The van der Waals surface area contributed by atoms with Gasteiger partial charge in [-0.1, -0.05) is 128 Å². The van der Waals surface area contributed by atoms with Crippen molar-refractivity contribution < 1.29 is 28.7 Å². The van der Waals surface area contributed by atoms with Crippen molar-refractivity contribution >= 4 is 68.6 Å². The van der Waals surface area contributed by atoms with E-state index in [1.165, 1.54) is 57.6 Å². The molecular formula is C55H74MgN4O6. The maximum Gasteiger partial charge on any atom is 2.00 e. The van der Waals surface area contributed by atoms with Crippen LogP contribution >= 0.6 is 0 Å². The fraction of sp³-hybridized carbons (Fsp3) is 0.600. The monoisotopic (exact) mass is 912 g/mol. The van der Waals surface area contributed by atoms with E-state index in [1.54, 1.807) is 6.92 Å². The van der Waals surface area contributed by atoms with E-state index in [2.05, 4.69) is 48.5 Å². The van der Waals surface area contributed by atoms with Crippen LogP contribution < -0.4 is 9.97 Å². The van der Waals surface area contributed by atoms with Gasteiger partial charge in [0.1, 0.15) is 12.5 Å². The molecule has 66 heavy (non-hydrogen) atoms. The van der Waals surface area contributed by atoms with Crippen LogP contribution in [-0.4, -0.2) is 70.2 Å². The number of rotatable bonds is 20. The van der Waals surface area contributed by atoms with E-state index in [0.29, 0.717) is 68.0 Å². The summed E-state index contributed by atoms with van der Waals surface area (Å²) < 4.78 is 11.0. The summed E-state index contributed by atoms with van der Waals surface area (Å²) in [5, 5.41) is 0. The molecule has 0 unspecified atom stereocenters. The molecule has 3 aromatic rings. The van der Waals surface area contributed by atoms with Crippen molar-refractivity contribution in [2.24, 2.45) is 17.8 Å². The molecule has 6 rings (SSSR count). The summed E-state index contributed by atoms with van der Waals surface area (Å²) in [6.07, 6.45) is 14.5. The molecule has 0 radical (unpaired) electrons. The fourth-order valence-corrected chi connectivity index (χ4v) is 10.6. The molecule has 5 heterocycles. The van der Waals surface area contributed by atoms with Gasteiger partial charge in [0.2, 0.25) is 0 Å². The molecule has 1 aliphatic carbocycles. The molecule has 0 N–H and O–H groups in total. The first-order valence-electron chi connectivity index (χ1n) is 24.6. The first kappa shape index (κ1) is 52.9. The van der Waals surface area contributed by atoms with Crippen LogP contribution in [0.25, 0.3) is 22.1 Å². The Hall–Kier alpha value is -4.09. The Balaban J connectivity index is 0.00000817. The molecule has 7 atom stereocenters. The molecular weight excluding hydrogens is 838 g/mol. The van der Waals surface area contributed by atoms with Crippen LogP contribution in [-0.2, 0) is 19.1 Å². The Morgan fingerprint density at radius 3 is 2.00 bits per heavy atom. The number of allylic oxidation sites excluding steroid dienone is 1. The third kappa shape index (κ3) is 11.8. The second-order valence-corrected chi connectivity index (χ2v) is 20.2. The van der Waals surface area contributed by atoms with Crippen molar-refractivity contribution in [3.05, 3.63) is 80.4 Å². The maximum atomic E-state index is 14.4. The molecule has 3 aromatic heterocycles. The van der Waals surface area contributed by atoms with Gasteiger partial charge in [-0.05, 0) is 82.8 Å². The van der Waals surface area contributed by atoms with E-state index in [9.17, 15) is 19.2 Å². The van der Waals surface area contributed by atoms with Gasteiger partial charge in [-0.25, -0.2) is 0 Å². The van der Waals surface area contributed by atoms with Crippen LogP contribution in [0.5, 0.6) is 0 Å². The zero-order valence-electron chi connectivity index (χ0n) is 42.1. The molecule has 11 heteroatoms. The van der Waals surface area contributed by atoms with Crippen LogP contribution in [0.3, 0.4) is 0 Å². The molecule has 2 aliphatic heterocycles. The molecule has 10 nitrogen and oxygen atoms in total. The Kier molecular flexibility index (Phi) is 18.6. The van der Waals surface area contributed by atoms with Gasteiger partial charge >= 0.3 is 35.0 Å². The van der Waals surface area contributed by atoms with Gasteiger partial charge in [-0.3, -0.25) is 29.1 Å². The van der Waals surface area contributed by atoms with Gasteiger partial charge in [0, 0.05) is 64.0 Å². The molecule has 0 amide bonds. The summed E-state index contributed by atoms with van der Waals surface area (Å²) in [7, 11) is 1.28. The molecule has 3 aliphatic rings. The van der Waals surface area contributed by atoms with Crippen molar-refractivity contribution in [3.63, 3.8) is 0 Å². The van der Waals surface area contributed by atoms with Gasteiger partial charge in [0.05, 0.1) is 7.11 Å². The van der Waals surface area contributed by atoms with Gasteiger partial charge in [-0.15, -0.1) is 22.1 Å². The van der Waals surface area contributed by atoms with Crippen LogP contribution in [0.2, 0.25) is 0 Å². The molecule has 8 bridgehead atoms. The normalized spacial score (nSPS) is 20.0. The van der Waals surface area contributed by atoms with Crippen molar-refractivity contribution in [1.82, 2.24) is 19.9 Å². The SMILES string of the molecule is CC[C@H]1c2cc3[n-]c4c(c3C)C(=O)[C@H]([13C](=O)OC)c4c3nc(cc4[n-]c(cc(n2)[C@@H]1C)c(C(C)=O)c4C)[C@@H](C)[C@@H]3CCC(=O)OC/C=C(\C)CCC[C@H](C)CCC[C@H](C)CCCC(C)C.[Mg+2]. The summed E-state index contributed by atoms with van der Waals surface area (Å²) in [4.78, 5) is 75.0. The predicted octanol–water partition coefficient (Wildman–Crippen LogP) is 12.4. The minimum absolute atomic E-state index is 0. The molecule has 0 aromatic carbocycles. The molecule has 352 valence electrons. The topological polar surface area (TPSA) is 141 Å². The number of aryl methyl sites for hydroxylation is 2. The average Bonchev–Trinajstić information content (AvgIpc) is 4.00. The minimum Gasteiger partial charge on any atom is -0.657 e. The molecule has 0 saturated carbocycles. The quantitative estimate of drug-likeness (QED) is 0.0269. The average molecular weight is 913 g/mol. The number of fused-ring (bicyclic) bond motifs is 8. The number of ketones is 2. The first-order chi connectivity index (χ1) is 30.9. The van der Waals surface area contributed by atoms with E-state index in [-0.39, 0.29) is 77.3 Å². The van der Waals surface area contributed by atoms with Gasteiger partial charge in [0.15, 0.2) is 11.6 Å². The molecule has 0 spiro atoms. The van der Waals surface area contributed by atoms with Crippen molar-refractivity contribution in [2.45, 2.75) is 183 Å². The zero-order valence-corrected chi connectivity index (χ0v) is 43.5. The van der Waals surface area contributed by atoms with Crippen molar-refractivity contribution in [1.29, 1.82) is 0 Å². The minimum atomic E-state index is -1.25. The predicted molar refractivity (Wildman–Crippen MR) is 265 cm³/mol. The summed E-state index contributed by atoms with van der Waals surface area (Å²) in [5.74, 6) is -0.869. The molecule has 0 saturated heterocycles. The largest absolute Gasteiger partial charge is 2.00 e. The zero-order chi connectivity index (χ0) is 47.3. The number of Topliss-reactive ketones (excluding diaryl/α,β-unsaturated/α-hetero) is 2. The smallest absolute Gasteiger partial charge is 0.657 e. The Morgan fingerprint density at radius 1 is 0.773 bits per heavy atom. The van der Waals surface area contributed by atoms with Crippen molar-refractivity contribution in [2.75, 3.05) is 13.7 Å². The number of carbonyl (C=O) groups excluding carboxylic acids is 4. The fourth-order valence-electron chi connectivity index (χ4n) is 10.6. The van der Waals surface area contributed by atoms with E-state index in [4.69, 9.17) is 29.4 Å². The Morgan fingerprint density at radius 2 is 1.36 bits per heavy atom. The number of nitrogens with zero attached hydrogens (tertiary/aromatic N) is 4. The summed E-state index contributed by atoms with van der Waals surface area (Å²) in [6.45, 7) is 23.3. The molecule has 0 fully saturated rings. The van der Waals surface area contributed by atoms with Crippen LogP contribution in [0.4, 0.5) is 0 Å². The van der Waals surface area contributed by atoms with Crippen LogP contribution in [0.1, 0.15) is 229 Å². The first-order valence-corrected chi connectivity index (χ1v) is 24.6. The number of aromatic nitrogens is 4. The third-order valence-corrected chi connectivity index (χ3v) is 14.8. The Bertz CT molecular complexity index is 2460. The summed E-state index contributed by atoms with van der Waals surface area (Å²) in [5.41, 5.74) is 9.10. The summed E-state index contributed by atoms with van der Waals surface area (Å²) in [6, 6.07) is 5.79. The number of ether oxygens (including phenoxy) is 2. The number of hydrogen-bond donors (Lipinski definition) is 0. The van der Waals surface area contributed by atoms with E-state index >= 15 is 0 Å². The summed E-state index contributed by atoms with van der Waals surface area (Å²) >= 11 is 0. The second kappa shape index (κ2) is 23.3. The van der Waals surface area contributed by atoms with Crippen LogP contribution in [0, 0.1) is 31.6 Å². The second-order valence-electron chi connectivity index (χ2n) is 20.2. The van der Waals surface area contributed by atoms with Gasteiger partial charge < -0.3 is 19.4 Å². The Labute approximate surface area is 409 Å². The standard InChI is InChI=1S/C55H75N4O6.Mg/c1-13-39-34(7)41-29-46-48(38(11)60)36(9)43(57-46)27-42-35(8)40(52(58-42)50-51(55(63)64-12)54(62)49-37(10)44(59-53(49)50)28-45(39)56-41)23-24-47(61)65-26-25-33(6)22-16-21-32(5)20-15-19-31(4)18-14-17-30(2)3;/h25,27-32,34-35,39-40,51H,13-24,26H2,1-12H3,(H-,56,57,58,59,60,62);/q-1;+2/p-1/b33-25+;/t31-,32-,34-,35+,39-,40+,51-;/m1./s1/i55+1;. The van der Waals surface area contributed by atoms with Crippen LogP contribution in [0.15, 0.2) is 29.8 Å². The number of hydrogen-bond acceptors (Lipinski definition) is 8. The maximum absolute atomic E-state index is 14.4. The number of methoxy groups -OCH3 is 1. The third-order valence-electron chi connectivity index (χ3n) is 14.8. The van der Waals surface area contributed by atoms with E-state index in [0.717, 1.165) is 48.0 Å². The van der Waals surface area contributed by atoms with E-state index in [1.807, 2.05) is 45.0 Å². The van der Waals surface area contributed by atoms with Crippen molar-refractivity contribution in [3.8, 4) is 0 Å². The van der Waals surface area contributed by atoms with E-state index < -0.39 is 11.9 Å². The number of carbonyl (C=O) groups is 4. The van der Waals surface area contributed by atoms with Gasteiger partial charge in [-0.2, -0.15) is 0 Å². The van der Waals surface area contributed by atoms with Gasteiger partial charge in [0.25, 0.3) is 0 Å².